The van der Waals surface area contributed by atoms with Gasteiger partial charge in [-0.3, -0.25) is 10.1 Å². The van der Waals surface area contributed by atoms with Crippen LogP contribution in [0, 0.1) is 12.7 Å². The number of rotatable bonds is 3. The summed E-state index contributed by atoms with van der Waals surface area (Å²) < 4.78 is 15.4. The van der Waals surface area contributed by atoms with Gasteiger partial charge in [-0.05, 0) is 31.2 Å². The molecule has 0 aliphatic rings. The van der Waals surface area contributed by atoms with E-state index in [1.54, 1.807) is 25.1 Å². The molecule has 4 rings (SSSR count). The highest BCUT2D eigenvalue weighted by molar-refractivity contribution is 6.04. The van der Waals surface area contributed by atoms with Gasteiger partial charge < -0.3 is 4.98 Å². The van der Waals surface area contributed by atoms with Crippen molar-refractivity contribution in [3.05, 3.63) is 71.8 Å². The largest absolute Gasteiger partial charge is 0.324 e. The number of carbonyl (C=O) groups excluding carboxylic acids is 1. The molecule has 0 fully saturated rings. The summed E-state index contributed by atoms with van der Waals surface area (Å²) in [4.78, 5) is 19.9. The van der Waals surface area contributed by atoms with Crippen LogP contribution in [0.3, 0.4) is 0 Å². The van der Waals surface area contributed by atoms with Crippen molar-refractivity contribution < 1.29 is 9.18 Å². The maximum Gasteiger partial charge on any atom is 0.261 e. The number of aromatic nitrogens is 4. The third kappa shape index (κ3) is 2.65. The van der Waals surface area contributed by atoms with Crippen molar-refractivity contribution in [1.29, 1.82) is 0 Å². The quantitative estimate of drug-likeness (QED) is 0.602. The van der Waals surface area contributed by atoms with Crippen molar-refractivity contribution in [3.8, 4) is 5.69 Å². The minimum absolute atomic E-state index is 0.294. The lowest BCUT2D eigenvalue weighted by Crippen LogP contribution is -2.14. The Morgan fingerprint density at radius 3 is 2.72 bits per heavy atom. The summed E-state index contributed by atoms with van der Waals surface area (Å²) in [6, 6.07) is 13.8. The molecule has 2 heterocycles. The van der Waals surface area contributed by atoms with Crippen LogP contribution in [-0.4, -0.2) is 25.7 Å². The lowest BCUT2D eigenvalue weighted by atomic mass is 10.2. The number of H-pyrrole nitrogens is 1. The standard InChI is InChI=1S/C18H14FN5O/c1-11-12(10-20-24(11)16-9-5-2-6-13(16)19)17(25)23-18-21-14-7-3-4-8-15(14)22-18/h2-10H,1H3,(H2,21,22,23,25). The number of imidazole rings is 1. The van der Waals surface area contributed by atoms with Crippen LogP contribution in [0.25, 0.3) is 16.7 Å². The van der Waals surface area contributed by atoms with Gasteiger partial charge in [-0.25, -0.2) is 14.1 Å². The number of halogens is 1. The third-order valence-electron chi connectivity index (χ3n) is 3.96. The predicted octanol–water partition coefficient (Wildman–Crippen LogP) is 3.45. The van der Waals surface area contributed by atoms with E-state index in [1.807, 2.05) is 24.3 Å². The number of fused-ring (bicyclic) bond motifs is 1. The maximum atomic E-state index is 14.0. The molecule has 0 unspecified atom stereocenters. The molecule has 4 aromatic rings. The molecule has 2 aromatic heterocycles. The van der Waals surface area contributed by atoms with Gasteiger partial charge in [0.05, 0.1) is 28.5 Å². The van der Waals surface area contributed by atoms with Crippen LogP contribution in [0.2, 0.25) is 0 Å². The summed E-state index contributed by atoms with van der Waals surface area (Å²) in [5.41, 5.74) is 2.78. The lowest BCUT2D eigenvalue weighted by Gasteiger charge is -2.06. The molecule has 25 heavy (non-hydrogen) atoms. The first-order valence-corrected chi connectivity index (χ1v) is 7.69. The van der Waals surface area contributed by atoms with E-state index >= 15 is 0 Å². The molecule has 0 radical (unpaired) electrons. The van der Waals surface area contributed by atoms with E-state index in [2.05, 4.69) is 20.4 Å². The van der Waals surface area contributed by atoms with Gasteiger partial charge >= 0.3 is 0 Å². The first kappa shape index (κ1) is 15.1. The van der Waals surface area contributed by atoms with Crippen LogP contribution < -0.4 is 5.32 Å². The molecule has 0 saturated heterocycles. The van der Waals surface area contributed by atoms with E-state index in [0.717, 1.165) is 11.0 Å². The van der Waals surface area contributed by atoms with Gasteiger partial charge in [0.2, 0.25) is 5.95 Å². The Morgan fingerprint density at radius 1 is 1.16 bits per heavy atom. The van der Waals surface area contributed by atoms with Crippen LogP contribution >= 0.6 is 0 Å². The number of aromatic amines is 1. The summed E-state index contributed by atoms with van der Waals surface area (Å²) in [5.74, 6) is -0.415. The maximum absolute atomic E-state index is 14.0. The Bertz CT molecular complexity index is 1050. The SMILES string of the molecule is Cc1c(C(=O)Nc2nc3ccccc3[nH]2)cnn1-c1ccccc1F. The van der Waals surface area contributed by atoms with Crippen LogP contribution in [0.1, 0.15) is 16.1 Å². The highest BCUT2D eigenvalue weighted by atomic mass is 19.1. The highest BCUT2D eigenvalue weighted by Crippen LogP contribution is 2.19. The Hall–Kier alpha value is -3.48. The van der Waals surface area contributed by atoms with Gasteiger partial charge in [-0.15, -0.1) is 0 Å². The molecular weight excluding hydrogens is 321 g/mol. The number of hydrogen-bond acceptors (Lipinski definition) is 3. The zero-order valence-electron chi connectivity index (χ0n) is 13.3. The lowest BCUT2D eigenvalue weighted by molar-refractivity contribution is 0.102. The summed E-state index contributed by atoms with van der Waals surface area (Å²) in [6.07, 6.45) is 1.42. The molecule has 0 atom stereocenters. The second-order valence-electron chi connectivity index (χ2n) is 5.56. The van der Waals surface area contributed by atoms with Gasteiger partial charge in [0.15, 0.2) is 0 Å². The van der Waals surface area contributed by atoms with Crippen molar-refractivity contribution >= 4 is 22.9 Å². The molecule has 0 aliphatic carbocycles. The first-order chi connectivity index (χ1) is 12.1. The van der Waals surface area contributed by atoms with Crippen molar-refractivity contribution in [1.82, 2.24) is 19.7 Å². The van der Waals surface area contributed by atoms with Crippen LogP contribution in [-0.2, 0) is 0 Å². The number of carbonyl (C=O) groups is 1. The molecular formula is C18H14FN5O. The molecule has 0 aliphatic heterocycles. The number of amides is 1. The number of benzene rings is 2. The highest BCUT2D eigenvalue weighted by Gasteiger charge is 2.18. The topological polar surface area (TPSA) is 75.6 Å². The van der Waals surface area contributed by atoms with E-state index < -0.39 is 5.82 Å². The van der Waals surface area contributed by atoms with Crippen LogP contribution in [0.15, 0.2) is 54.7 Å². The summed E-state index contributed by atoms with van der Waals surface area (Å²) in [7, 11) is 0. The molecule has 124 valence electrons. The average Bonchev–Trinajstić information content (AvgIpc) is 3.18. The van der Waals surface area contributed by atoms with Crippen molar-refractivity contribution in [2.75, 3.05) is 5.32 Å². The molecule has 7 heteroatoms. The Balaban J connectivity index is 1.64. The summed E-state index contributed by atoms with van der Waals surface area (Å²) >= 11 is 0. The minimum Gasteiger partial charge on any atom is -0.324 e. The molecule has 2 aromatic carbocycles. The van der Waals surface area contributed by atoms with E-state index in [4.69, 9.17) is 0 Å². The van der Waals surface area contributed by atoms with E-state index in [-0.39, 0.29) is 5.91 Å². The monoisotopic (exact) mass is 335 g/mol. The fourth-order valence-electron chi connectivity index (χ4n) is 2.69. The zero-order valence-corrected chi connectivity index (χ0v) is 13.3. The van der Waals surface area contributed by atoms with Gasteiger partial charge in [-0.1, -0.05) is 24.3 Å². The normalized spacial score (nSPS) is 11.0. The molecule has 6 nitrogen and oxygen atoms in total. The molecule has 1 amide bonds. The van der Waals surface area contributed by atoms with Crippen molar-refractivity contribution in [3.63, 3.8) is 0 Å². The van der Waals surface area contributed by atoms with Gasteiger partial charge in [0.25, 0.3) is 5.91 Å². The summed E-state index contributed by atoms with van der Waals surface area (Å²) in [6.45, 7) is 1.72. The fourth-order valence-corrected chi connectivity index (χ4v) is 2.69. The number of para-hydroxylation sites is 3. The fraction of sp³-hybridized carbons (Fsp3) is 0.0556. The van der Waals surface area contributed by atoms with E-state index in [9.17, 15) is 9.18 Å². The second kappa shape index (κ2) is 5.86. The zero-order chi connectivity index (χ0) is 17.4. The number of anilines is 1. The van der Waals surface area contributed by atoms with Gasteiger partial charge in [-0.2, -0.15) is 5.10 Å². The van der Waals surface area contributed by atoms with Crippen molar-refractivity contribution in [2.24, 2.45) is 0 Å². The predicted molar refractivity (Wildman–Crippen MR) is 92.3 cm³/mol. The Morgan fingerprint density at radius 2 is 1.92 bits per heavy atom. The van der Waals surface area contributed by atoms with Crippen LogP contribution in [0.5, 0.6) is 0 Å². The number of nitrogens with one attached hydrogen (secondary N) is 2. The number of nitrogens with zero attached hydrogens (tertiary/aromatic N) is 3. The average molecular weight is 335 g/mol. The van der Waals surface area contributed by atoms with E-state index in [1.165, 1.54) is 16.9 Å². The first-order valence-electron chi connectivity index (χ1n) is 7.69. The minimum atomic E-state index is -0.405. The van der Waals surface area contributed by atoms with Gasteiger partial charge in [0, 0.05) is 0 Å². The Labute approximate surface area is 142 Å². The number of hydrogen-bond donors (Lipinski definition) is 2. The molecule has 2 N–H and O–H groups in total. The van der Waals surface area contributed by atoms with Gasteiger partial charge in [0.1, 0.15) is 11.5 Å². The second-order valence-corrected chi connectivity index (χ2v) is 5.56. The van der Waals surface area contributed by atoms with E-state index in [0.29, 0.717) is 22.9 Å². The smallest absolute Gasteiger partial charge is 0.261 e. The molecule has 0 spiro atoms. The summed E-state index contributed by atoms with van der Waals surface area (Å²) in [5, 5.41) is 6.85. The molecule has 0 bridgehead atoms. The molecule has 0 saturated carbocycles. The van der Waals surface area contributed by atoms with Crippen LogP contribution in [0.4, 0.5) is 10.3 Å². The third-order valence-corrected chi connectivity index (χ3v) is 3.96. The van der Waals surface area contributed by atoms with Crippen molar-refractivity contribution in [2.45, 2.75) is 6.92 Å². The Kier molecular flexibility index (Phi) is 3.53.